The third-order valence-electron chi connectivity index (χ3n) is 5.74. The van der Waals surface area contributed by atoms with Gasteiger partial charge in [0.2, 0.25) is 16.0 Å². The molecule has 3 heterocycles. The fourth-order valence-electron chi connectivity index (χ4n) is 4.08. The number of carbonyl (C=O) groups is 1. The van der Waals surface area contributed by atoms with Crippen LogP contribution in [0, 0.1) is 12.8 Å². The topological polar surface area (TPSA) is 82.8 Å². The molecular weight excluding hydrogens is 424 g/mol. The van der Waals surface area contributed by atoms with Crippen molar-refractivity contribution in [2.45, 2.75) is 32.7 Å². The summed E-state index contributed by atoms with van der Waals surface area (Å²) in [6, 6.07) is 11.9. The van der Waals surface area contributed by atoms with Gasteiger partial charge in [-0.25, -0.2) is 4.98 Å². The van der Waals surface area contributed by atoms with Gasteiger partial charge >= 0.3 is 0 Å². The van der Waals surface area contributed by atoms with Gasteiger partial charge in [0, 0.05) is 37.9 Å². The molecule has 0 bridgehead atoms. The number of hydrogen-bond donors (Lipinski definition) is 1. The number of carbonyl (C=O) groups excluding carboxylic acids is 1. The molecule has 8 nitrogen and oxygen atoms in total. The van der Waals surface area contributed by atoms with Gasteiger partial charge < -0.3 is 15.1 Å². The van der Waals surface area contributed by atoms with Crippen LogP contribution in [0.15, 0.2) is 41.2 Å². The number of aryl methyl sites for hydroxylation is 1. The molecule has 1 fully saturated rings. The molecule has 1 aromatic carbocycles. The van der Waals surface area contributed by atoms with Crippen molar-refractivity contribution in [2.24, 2.45) is 5.92 Å². The average molecular weight is 455 g/mol. The Morgan fingerprint density at radius 1 is 1.31 bits per heavy atom. The molecule has 1 saturated heterocycles. The maximum absolute atomic E-state index is 12.7. The molecule has 1 atom stereocenters. The monoisotopic (exact) mass is 454 g/mol. The first-order chi connectivity index (χ1) is 15.5. The highest BCUT2D eigenvalue weighted by atomic mass is 32.1. The number of rotatable bonds is 8. The van der Waals surface area contributed by atoms with Crippen LogP contribution in [-0.4, -0.2) is 58.6 Å². The predicted octanol–water partition coefficient (Wildman–Crippen LogP) is 2.31. The number of benzene rings is 1. The van der Waals surface area contributed by atoms with E-state index in [0.29, 0.717) is 23.7 Å². The second kappa shape index (κ2) is 10.2. The number of fused-ring (bicyclic) bond motifs is 1. The second-order valence-electron chi connectivity index (χ2n) is 8.47. The van der Waals surface area contributed by atoms with Crippen molar-refractivity contribution in [2.75, 3.05) is 38.1 Å². The standard InChI is InChI=1S/C23H30N6O2S/c1-17-14-20(30)29-22(25-17)32-23(26-29)28-13-6-10-19(16-28)21(31)24-11-7-12-27(2)15-18-8-4-3-5-9-18/h3-5,8-9,14,19H,6-7,10-13,15-16H2,1-2H3,(H,24,31)/t19-/m0/s1. The van der Waals surface area contributed by atoms with Gasteiger partial charge in [0.05, 0.1) is 5.92 Å². The Labute approximate surface area is 191 Å². The summed E-state index contributed by atoms with van der Waals surface area (Å²) >= 11 is 1.40. The van der Waals surface area contributed by atoms with Crippen molar-refractivity contribution < 1.29 is 4.79 Å². The van der Waals surface area contributed by atoms with E-state index in [1.54, 1.807) is 0 Å². The Balaban J connectivity index is 1.26. The van der Waals surface area contributed by atoms with E-state index in [1.165, 1.54) is 27.5 Å². The fraction of sp³-hybridized carbons (Fsp3) is 0.478. The summed E-state index contributed by atoms with van der Waals surface area (Å²) in [5.74, 6) is 0.0388. The Bertz CT molecular complexity index is 1110. The van der Waals surface area contributed by atoms with Gasteiger partial charge in [-0.1, -0.05) is 41.7 Å². The minimum absolute atomic E-state index is 0.0655. The minimum atomic E-state index is -0.168. The summed E-state index contributed by atoms with van der Waals surface area (Å²) in [4.78, 5) is 34.3. The number of hydrogen-bond acceptors (Lipinski definition) is 7. The maximum atomic E-state index is 12.7. The zero-order chi connectivity index (χ0) is 22.5. The van der Waals surface area contributed by atoms with Crippen LogP contribution >= 0.6 is 11.3 Å². The lowest BCUT2D eigenvalue weighted by molar-refractivity contribution is -0.125. The number of aromatic nitrogens is 3. The summed E-state index contributed by atoms with van der Waals surface area (Å²) in [6.45, 7) is 5.77. The Hall–Kier alpha value is -2.78. The molecule has 0 radical (unpaired) electrons. The predicted molar refractivity (Wildman–Crippen MR) is 127 cm³/mol. The molecule has 0 aliphatic carbocycles. The smallest absolute Gasteiger partial charge is 0.275 e. The van der Waals surface area contributed by atoms with Crippen LogP contribution in [0.25, 0.3) is 4.96 Å². The van der Waals surface area contributed by atoms with E-state index in [-0.39, 0.29) is 17.4 Å². The zero-order valence-corrected chi connectivity index (χ0v) is 19.5. The maximum Gasteiger partial charge on any atom is 0.275 e. The molecule has 9 heteroatoms. The molecule has 0 spiro atoms. The van der Waals surface area contributed by atoms with Gasteiger partial charge in [-0.2, -0.15) is 4.52 Å². The van der Waals surface area contributed by atoms with E-state index < -0.39 is 0 Å². The summed E-state index contributed by atoms with van der Waals surface area (Å²) in [5.41, 5.74) is 1.82. The lowest BCUT2D eigenvalue weighted by atomic mass is 9.97. The average Bonchev–Trinajstić information content (AvgIpc) is 3.22. The van der Waals surface area contributed by atoms with Crippen LogP contribution in [0.2, 0.25) is 0 Å². The first-order valence-corrected chi connectivity index (χ1v) is 11.9. The van der Waals surface area contributed by atoms with Gasteiger partial charge in [-0.3, -0.25) is 9.59 Å². The molecule has 0 unspecified atom stereocenters. The van der Waals surface area contributed by atoms with Gasteiger partial charge in [-0.05, 0) is 45.3 Å². The van der Waals surface area contributed by atoms with Crippen LogP contribution in [0.4, 0.5) is 5.13 Å². The zero-order valence-electron chi connectivity index (χ0n) is 18.7. The largest absolute Gasteiger partial charge is 0.356 e. The molecule has 1 aliphatic heterocycles. The number of nitrogens with one attached hydrogen (secondary N) is 1. The van der Waals surface area contributed by atoms with Crippen molar-refractivity contribution in [3.63, 3.8) is 0 Å². The first-order valence-electron chi connectivity index (χ1n) is 11.1. The highest BCUT2D eigenvalue weighted by molar-refractivity contribution is 7.20. The first kappa shape index (κ1) is 22.4. The van der Waals surface area contributed by atoms with E-state index in [4.69, 9.17) is 0 Å². The van der Waals surface area contributed by atoms with Crippen LogP contribution in [0.5, 0.6) is 0 Å². The van der Waals surface area contributed by atoms with Gasteiger partial charge in [0.25, 0.3) is 5.56 Å². The quantitative estimate of drug-likeness (QED) is 0.526. The third-order valence-corrected chi connectivity index (χ3v) is 6.71. The van der Waals surface area contributed by atoms with Crippen molar-refractivity contribution in [1.82, 2.24) is 24.8 Å². The van der Waals surface area contributed by atoms with Gasteiger partial charge in [-0.15, -0.1) is 5.10 Å². The van der Waals surface area contributed by atoms with E-state index in [1.807, 2.05) is 13.0 Å². The lowest BCUT2D eigenvalue weighted by Crippen LogP contribution is -2.43. The fourth-order valence-corrected chi connectivity index (χ4v) is 5.07. The number of piperidine rings is 1. The summed E-state index contributed by atoms with van der Waals surface area (Å²) in [7, 11) is 2.10. The molecule has 0 saturated carbocycles. The van der Waals surface area contributed by atoms with Crippen LogP contribution in [-0.2, 0) is 11.3 Å². The van der Waals surface area contributed by atoms with Crippen LogP contribution < -0.4 is 15.8 Å². The van der Waals surface area contributed by atoms with Crippen molar-refractivity contribution in [3.8, 4) is 0 Å². The summed E-state index contributed by atoms with van der Waals surface area (Å²) in [6.07, 6.45) is 2.71. The molecule has 1 aliphatic rings. The SMILES string of the molecule is Cc1cc(=O)n2nc(N3CCC[C@H](C(=O)NCCCN(C)Cc4ccccc4)C3)sc2n1. The molecule has 1 N–H and O–H groups in total. The molecular formula is C23H30N6O2S. The van der Waals surface area contributed by atoms with Gasteiger partial charge in [0.15, 0.2) is 0 Å². The minimum Gasteiger partial charge on any atom is -0.356 e. The molecule has 32 heavy (non-hydrogen) atoms. The number of anilines is 1. The summed E-state index contributed by atoms with van der Waals surface area (Å²) < 4.78 is 1.35. The van der Waals surface area contributed by atoms with Gasteiger partial charge in [0.1, 0.15) is 0 Å². The van der Waals surface area contributed by atoms with Crippen LogP contribution in [0.1, 0.15) is 30.5 Å². The molecule has 2 aromatic heterocycles. The normalized spacial score (nSPS) is 16.6. The molecule has 1 amide bonds. The Kier molecular flexibility index (Phi) is 7.16. The van der Waals surface area contributed by atoms with E-state index in [2.05, 4.69) is 56.5 Å². The lowest BCUT2D eigenvalue weighted by Gasteiger charge is -2.31. The van der Waals surface area contributed by atoms with Crippen molar-refractivity contribution in [1.29, 1.82) is 0 Å². The third kappa shape index (κ3) is 5.52. The number of amides is 1. The van der Waals surface area contributed by atoms with Crippen LogP contribution in [0.3, 0.4) is 0 Å². The van der Waals surface area contributed by atoms with Crippen molar-refractivity contribution >= 4 is 27.3 Å². The highest BCUT2D eigenvalue weighted by Gasteiger charge is 2.27. The summed E-state index contributed by atoms with van der Waals surface area (Å²) in [5, 5.41) is 8.31. The Morgan fingerprint density at radius 2 is 2.12 bits per heavy atom. The molecule has 4 rings (SSSR count). The van der Waals surface area contributed by atoms with E-state index in [0.717, 1.165) is 44.0 Å². The highest BCUT2D eigenvalue weighted by Crippen LogP contribution is 2.27. The Morgan fingerprint density at radius 3 is 2.94 bits per heavy atom. The second-order valence-corrected chi connectivity index (χ2v) is 9.40. The van der Waals surface area contributed by atoms with E-state index in [9.17, 15) is 9.59 Å². The van der Waals surface area contributed by atoms with E-state index >= 15 is 0 Å². The van der Waals surface area contributed by atoms with Crippen molar-refractivity contribution in [3.05, 3.63) is 58.0 Å². The molecule has 170 valence electrons. The molecule has 3 aromatic rings. The number of nitrogens with zero attached hydrogens (tertiary/aromatic N) is 5.